The molecule has 0 rings (SSSR count). The van der Waals surface area contributed by atoms with Gasteiger partial charge in [0.1, 0.15) is 0 Å². The van der Waals surface area contributed by atoms with Crippen molar-refractivity contribution in [2.45, 2.75) is 39.8 Å². The molecule has 0 saturated heterocycles. The van der Waals surface area contributed by atoms with Gasteiger partial charge in [0.2, 0.25) is 0 Å². The molecule has 0 saturated carbocycles. The van der Waals surface area contributed by atoms with E-state index in [4.69, 9.17) is 0 Å². The fourth-order valence-electron chi connectivity index (χ4n) is 0.910. The van der Waals surface area contributed by atoms with Crippen molar-refractivity contribution in [2.24, 2.45) is 0 Å². The van der Waals surface area contributed by atoms with Gasteiger partial charge in [-0.2, -0.15) is 0 Å². The standard InChI is InChI=1S/C11H21N/c1-9(2)7-8-11(5)12(6)10(3)4/h7-8,10-11H,1H2,2-6H3/b8-7+. The Hall–Kier alpha value is -0.560. The molecular formula is C11H21N. The summed E-state index contributed by atoms with van der Waals surface area (Å²) in [6, 6.07) is 1.08. The molecule has 1 nitrogen and oxygen atoms in total. The third kappa shape index (κ3) is 4.35. The van der Waals surface area contributed by atoms with E-state index in [-0.39, 0.29) is 0 Å². The van der Waals surface area contributed by atoms with Gasteiger partial charge in [-0.3, -0.25) is 4.90 Å². The zero-order chi connectivity index (χ0) is 9.72. The van der Waals surface area contributed by atoms with Crippen LogP contribution in [-0.2, 0) is 0 Å². The van der Waals surface area contributed by atoms with E-state index in [1.165, 1.54) is 0 Å². The Morgan fingerprint density at radius 1 is 1.33 bits per heavy atom. The molecule has 1 heteroatoms. The van der Waals surface area contributed by atoms with Crippen LogP contribution in [-0.4, -0.2) is 24.0 Å². The van der Waals surface area contributed by atoms with Crippen molar-refractivity contribution >= 4 is 0 Å². The highest BCUT2D eigenvalue weighted by Gasteiger charge is 2.07. The lowest BCUT2D eigenvalue weighted by atomic mass is 10.2. The summed E-state index contributed by atoms with van der Waals surface area (Å²) >= 11 is 0. The third-order valence-corrected chi connectivity index (χ3v) is 2.12. The molecule has 1 unspecified atom stereocenters. The largest absolute Gasteiger partial charge is 0.298 e. The van der Waals surface area contributed by atoms with Gasteiger partial charge in [0.05, 0.1) is 0 Å². The van der Waals surface area contributed by atoms with Crippen molar-refractivity contribution in [1.82, 2.24) is 4.90 Å². The molecule has 1 atom stereocenters. The zero-order valence-electron chi connectivity index (χ0n) is 8.96. The number of hydrogen-bond donors (Lipinski definition) is 0. The second-order valence-corrected chi connectivity index (χ2v) is 3.71. The van der Waals surface area contributed by atoms with Crippen molar-refractivity contribution in [3.63, 3.8) is 0 Å². The van der Waals surface area contributed by atoms with Crippen molar-refractivity contribution in [2.75, 3.05) is 7.05 Å². The Balaban J connectivity index is 4.03. The quantitative estimate of drug-likeness (QED) is 0.582. The van der Waals surface area contributed by atoms with E-state index in [0.29, 0.717) is 12.1 Å². The summed E-state index contributed by atoms with van der Waals surface area (Å²) in [5.74, 6) is 0. The van der Waals surface area contributed by atoms with E-state index in [1.54, 1.807) is 0 Å². The Morgan fingerprint density at radius 3 is 2.17 bits per heavy atom. The topological polar surface area (TPSA) is 3.24 Å². The Kier molecular flexibility index (Phi) is 4.91. The smallest absolute Gasteiger partial charge is 0.0252 e. The number of hydrogen-bond acceptors (Lipinski definition) is 1. The highest BCUT2D eigenvalue weighted by molar-refractivity contribution is 5.13. The molecule has 0 bridgehead atoms. The van der Waals surface area contributed by atoms with Crippen LogP contribution in [0.5, 0.6) is 0 Å². The second-order valence-electron chi connectivity index (χ2n) is 3.71. The maximum Gasteiger partial charge on any atom is 0.0252 e. The summed E-state index contributed by atoms with van der Waals surface area (Å²) < 4.78 is 0. The normalized spacial score (nSPS) is 14.6. The van der Waals surface area contributed by atoms with Crippen LogP contribution >= 0.6 is 0 Å². The molecule has 0 aromatic heterocycles. The molecule has 0 aliphatic heterocycles. The maximum absolute atomic E-state index is 3.83. The van der Waals surface area contributed by atoms with Crippen molar-refractivity contribution in [3.05, 3.63) is 24.3 Å². The van der Waals surface area contributed by atoms with E-state index in [2.05, 4.69) is 51.4 Å². The molecule has 0 amide bonds. The predicted octanol–water partition coefficient (Wildman–Crippen LogP) is 2.85. The van der Waals surface area contributed by atoms with Crippen LogP contribution in [0.15, 0.2) is 24.3 Å². The first-order chi connectivity index (χ1) is 5.45. The van der Waals surface area contributed by atoms with Crippen LogP contribution in [0, 0.1) is 0 Å². The first kappa shape index (κ1) is 11.4. The SMILES string of the molecule is C=C(C)/C=C/C(C)N(C)C(C)C. The van der Waals surface area contributed by atoms with Crippen molar-refractivity contribution in [3.8, 4) is 0 Å². The van der Waals surface area contributed by atoms with E-state index in [0.717, 1.165) is 5.57 Å². The summed E-state index contributed by atoms with van der Waals surface area (Å²) in [7, 11) is 2.14. The highest BCUT2D eigenvalue weighted by Crippen LogP contribution is 2.03. The third-order valence-electron chi connectivity index (χ3n) is 2.12. The Morgan fingerprint density at radius 2 is 1.83 bits per heavy atom. The van der Waals surface area contributed by atoms with Gasteiger partial charge in [0.25, 0.3) is 0 Å². The van der Waals surface area contributed by atoms with E-state index in [9.17, 15) is 0 Å². The van der Waals surface area contributed by atoms with Crippen molar-refractivity contribution < 1.29 is 0 Å². The molecule has 0 radical (unpaired) electrons. The monoisotopic (exact) mass is 167 g/mol. The summed E-state index contributed by atoms with van der Waals surface area (Å²) in [4.78, 5) is 2.32. The molecule has 0 N–H and O–H groups in total. The summed E-state index contributed by atoms with van der Waals surface area (Å²) in [6.45, 7) is 12.4. The Labute approximate surface area is 76.8 Å². The molecule has 70 valence electrons. The predicted molar refractivity (Wildman–Crippen MR) is 56.3 cm³/mol. The molecule has 0 aromatic carbocycles. The van der Waals surface area contributed by atoms with Gasteiger partial charge < -0.3 is 0 Å². The lowest BCUT2D eigenvalue weighted by Gasteiger charge is -2.25. The highest BCUT2D eigenvalue weighted by atomic mass is 15.1. The molecular weight excluding hydrogens is 146 g/mol. The van der Waals surface area contributed by atoms with Gasteiger partial charge in [-0.05, 0) is 34.7 Å². The van der Waals surface area contributed by atoms with Gasteiger partial charge in [-0.15, -0.1) is 0 Å². The number of likely N-dealkylation sites (N-methyl/N-ethyl adjacent to an activating group) is 1. The summed E-state index contributed by atoms with van der Waals surface area (Å²) in [5, 5.41) is 0. The zero-order valence-corrected chi connectivity index (χ0v) is 8.96. The lowest BCUT2D eigenvalue weighted by Crippen LogP contribution is -2.33. The van der Waals surface area contributed by atoms with Crippen molar-refractivity contribution in [1.29, 1.82) is 0 Å². The van der Waals surface area contributed by atoms with Crippen LogP contribution in [0.25, 0.3) is 0 Å². The van der Waals surface area contributed by atoms with E-state index < -0.39 is 0 Å². The fourth-order valence-corrected chi connectivity index (χ4v) is 0.910. The minimum Gasteiger partial charge on any atom is -0.298 e. The van der Waals surface area contributed by atoms with Crippen LogP contribution in [0.1, 0.15) is 27.7 Å². The number of rotatable bonds is 4. The molecule has 0 spiro atoms. The molecule has 0 heterocycles. The van der Waals surface area contributed by atoms with Gasteiger partial charge >= 0.3 is 0 Å². The molecule has 0 aliphatic carbocycles. The van der Waals surface area contributed by atoms with Gasteiger partial charge in [-0.1, -0.05) is 24.3 Å². The molecule has 0 fully saturated rings. The second kappa shape index (κ2) is 5.15. The number of nitrogens with zero attached hydrogens (tertiary/aromatic N) is 1. The fraction of sp³-hybridized carbons (Fsp3) is 0.636. The lowest BCUT2D eigenvalue weighted by molar-refractivity contribution is 0.241. The minimum atomic E-state index is 0.488. The first-order valence-electron chi connectivity index (χ1n) is 4.50. The number of allylic oxidation sites excluding steroid dienone is 2. The molecule has 0 aromatic rings. The van der Waals surface area contributed by atoms with Crippen LogP contribution in [0.4, 0.5) is 0 Å². The average molecular weight is 167 g/mol. The first-order valence-corrected chi connectivity index (χ1v) is 4.50. The van der Waals surface area contributed by atoms with Gasteiger partial charge in [0.15, 0.2) is 0 Å². The maximum atomic E-state index is 3.83. The summed E-state index contributed by atoms with van der Waals surface area (Å²) in [5.41, 5.74) is 1.11. The minimum absolute atomic E-state index is 0.488. The van der Waals surface area contributed by atoms with Crippen LogP contribution in [0.2, 0.25) is 0 Å². The van der Waals surface area contributed by atoms with E-state index in [1.807, 2.05) is 6.92 Å². The van der Waals surface area contributed by atoms with Gasteiger partial charge in [-0.25, -0.2) is 0 Å². The Bertz CT molecular complexity index is 168. The molecule has 0 aliphatic rings. The average Bonchev–Trinajstić information content (AvgIpc) is 1.98. The summed E-state index contributed by atoms with van der Waals surface area (Å²) in [6.07, 6.45) is 4.26. The van der Waals surface area contributed by atoms with Gasteiger partial charge in [0, 0.05) is 12.1 Å². The van der Waals surface area contributed by atoms with Crippen LogP contribution in [0.3, 0.4) is 0 Å². The molecule has 12 heavy (non-hydrogen) atoms. The van der Waals surface area contributed by atoms with Crippen LogP contribution < -0.4 is 0 Å². The van der Waals surface area contributed by atoms with E-state index >= 15 is 0 Å².